The van der Waals surface area contributed by atoms with E-state index in [0.717, 1.165) is 103 Å². The van der Waals surface area contributed by atoms with Gasteiger partial charge in [0.2, 0.25) is 0 Å². The van der Waals surface area contributed by atoms with E-state index in [9.17, 15) is 19.0 Å². The zero-order chi connectivity index (χ0) is 64.1. The fraction of sp³-hybridized carbons (Fsp3) is 0.718. The van der Waals surface area contributed by atoms with E-state index in [4.69, 9.17) is 18.5 Å². The van der Waals surface area contributed by atoms with Crippen LogP contribution >= 0.6 is 7.82 Å². The lowest BCUT2D eigenvalue weighted by atomic mass is 10.0. The molecule has 2 atom stereocenters. The molecule has 0 fully saturated rings. The van der Waals surface area contributed by atoms with Gasteiger partial charge in [-0.1, -0.05) is 309 Å². The molecule has 0 aliphatic carbocycles. The van der Waals surface area contributed by atoms with E-state index in [0.29, 0.717) is 17.4 Å². The van der Waals surface area contributed by atoms with Gasteiger partial charge in [0.15, 0.2) is 6.10 Å². The molecule has 0 heterocycles. The largest absolute Gasteiger partial charge is 0.756 e. The molecule has 0 N–H and O–H groups in total. The Hall–Kier alpha value is -3.59. The second-order valence-corrected chi connectivity index (χ2v) is 26.6. The summed E-state index contributed by atoms with van der Waals surface area (Å²) in [6, 6.07) is 0. The number of rotatable bonds is 66. The van der Waals surface area contributed by atoms with Crippen LogP contribution in [0.5, 0.6) is 0 Å². The molecule has 0 radical (unpaired) electrons. The van der Waals surface area contributed by atoms with E-state index < -0.39 is 26.5 Å². The molecule has 88 heavy (non-hydrogen) atoms. The van der Waals surface area contributed by atoms with Crippen molar-refractivity contribution in [2.24, 2.45) is 0 Å². The van der Waals surface area contributed by atoms with Gasteiger partial charge in [-0.15, -0.1) is 0 Å². The number of phosphoric ester groups is 1. The minimum absolute atomic E-state index is 0.0351. The number of esters is 2. The summed E-state index contributed by atoms with van der Waals surface area (Å²) >= 11 is 0. The second kappa shape index (κ2) is 67.8. The summed E-state index contributed by atoms with van der Waals surface area (Å²) in [4.78, 5) is 38.1. The number of carbonyl (C=O) groups excluding carboxylic acids is 2. The van der Waals surface area contributed by atoms with Crippen molar-refractivity contribution in [3.05, 3.63) is 122 Å². The molecule has 0 aliphatic rings. The number of nitrogens with zero attached hydrogens (tertiary/aromatic N) is 1. The Labute approximate surface area is 543 Å². The van der Waals surface area contributed by atoms with Crippen LogP contribution in [0.1, 0.15) is 309 Å². The molecular weight excluding hydrogens is 1110 g/mol. The van der Waals surface area contributed by atoms with Crippen molar-refractivity contribution < 1.29 is 42.1 Å². The number of allylic oxidation sites excluding steroid dienone is 20. The first kappa shape index (κ1) is 84.4. The van der Waals surface area contributed by atoms with Crippen LogP contribution in [-0.4, -0.2) is 70.0 Å². The van der Waals surface area contributed by atoms with Gasteiger partial charge < -0.3 is 27.9 Å². The van der Waals surface area contributed by atoms with Gasteiger partial charge in [0.25, 0.3) is 7.82 Å². The number of ether oxygens (including phenoxy) is 2. The number of unbranched alkanes of at least 4 members (excludes halogenated alkanes) is 32. The molecule has 0 rings (SSSR count). The number of phosphoric acid groups is 1. The Kier molecular flexibility index (Phi) is 65.0. The first-order valence-corrected chi connectivity index (χ1v) is 37.7. The molecule has 0 bridgehead atoms. The maximum atomic E-state index is 12.9. The van der Waals surface area contributed by atoms with Crippen molar-refractivity contribution in [2.75, 3.05) is 47.5 Å². The molecule has 0 aromatic carbocycles. The van der Waals surface area contributed by atoms with Gasteiger partial charge >= 0.3 is 11.9 Å². The van der Waals surface area contributed by atoms with Gasteiger partial charge in [-0.3, -0.25) is 14.2 Å². The summed E-state index contributed by atoms with van der Waals surface area (Å²) in [7, 11) is 1.16. The van der Waals surface area contributed by atoms with Gasteiger partial charge in [0, 0.05) is 12.8 Å². The molecule has 0 aromatic rings. The van der Waals surface area contributed by atoms with Crippen molar-refractivity contribution >= 4 is 19.8 Å². The van der Waals surface area contributed by atoms with Crippen LogP contribution in [0.25, 0.3) is 0 Å². The van der Waals surface area contributed by atoms with Gasteiger partial charge in [0.05, 0.1) is 27.7 Å². The molecule has 0 saturated heterocycles. The highest BCUT2D eigenvalue weighted by molar-refractivity contribution is 7.45. The van der Waals surface area contributed by atoms with E-state index in [1.807, 2.05) is 21.1 Å². The van der Waals surface area contributed by atoms with Gasteiger partial charge in [0.1, 0.15) is 19.8 Å². The minimum atomic E-state index is -4.65. The van der Waals surface area contributed by atoms with Crippen molar-refractivity contribution in [1.29, 1.82) is 0 Å². The van der Waals surface area contributed by atoms with Crippen molar-refractivity contribution in [3.63, 3.8) is 0 Å². The number of hydrogen-bond donors (Lipinski definition) is 0. The van der Waals surface area contributed by atoms with Crippen molar-refractivity contribution in [2.45, 2.75) is 315 Å². The lowest BCUT2D eigenvalue weighted by Gasteiger charge is -2.28. The number of carbonyl (C=O) groups is 2. The summed E-state index contributed by atoms with van der Waals surface area (Å²) in [5, 5.41) is 0. The Morgan fingerprint density at radius 1 is 0.364 bits per heavy atom. The lowest BCUT2D eigenvalue weighted by molar-refractivity contribution is -0.870. The molecule has 0 aliphatic heterocycles. The van der Waals surface area contributed by atoms with Gasteiger partial charge in [-0.2, -0.15) is 0 Å². The number of hydrogen-bond acceptors (Lipinski definition) is 8. The second-order valence-electron chi connectivity index (χ2n) is 25.2. The topological polar surface area (TPSA) is 111 Å². The van der Waals surface area contributed by atoms with Gasteiger partial charge in [-0.05, 0) is 109 Å². The van der Waals surface area contributed by atoms with E-state index in [1.165, 1.54) is 173 Å². The SMILES string of the molecule is CC/C=C\C/C=C\C/C=C\C/C=C\C/C=C\C/C=C\C/C=C\C/C=C\C/C=C\CCCCCCCCCCCCCC(=O)OC(COC(=O)CCCCCCCCCCCCCCC/C=C\CCCCCCCCCC)COP(=O)([O-])OCC[N+](C)(C)C. The fourth-order valence-corrected chi connectivity index (χ4v) is 10.7. The molecular formula is C78H136NO8P. The maximum Gasteiger partial charge on any atom is 0.306 e. The molecule has 0 saturated carbocycles. The zero-order valence-electron chi connectivity index (χ0n) is 57.6. The first-order chi connectivity index (χ1) is 43.0. The van der Waals surface area contributed by atoms with E-state index in [1.54, 1.807) is 0 Å². The zero-order valence-corrected chi connectivity index (χ0v) is 58.5. The third-order valence-corrected chi connectivity index (χ3v) is 16.4. The molecule has 0 aromatic heterocycles. The Morgan fingerprint density at radius 3 is 0.977 bits per heavy atom. The molecule has 9 nitrogen and oxygen atoms in total. The average Bonchev–Trinajstić information content (AvgIpc) is 3.68. The highest BCUT2D eigenvalue weighted by Crippen LogP contribution is 2.38. The van der Waals surface area contributed by atoms with Crippen LogP contribution in [0.4, 0.5) is 0 Å². The van der Waals surface area contributed by atoms with Crippen LogP contribution in [-0.2, 0) is 32.7 Å². The van der Waals surface area contributed by atoms with Crippen LogP contribution in [0, 0.1) is 0 Å². The predicted molar refractivity (Wildman–Crippen MR) is 378 cm³/mol. The normalized spacial score (nSPS) is 13.8. The van der Waals surface area contributed by atoms with E-state index in [-0.39, 0.29) is 32.0 Å². The summed E-state index contributed by atoms with van der Waals surface area (Å²) in [5.41, 5.74) is 0. The lowest BCUT2D eigenvalue weighted by Crippen LogP contribution is -2.37. The Bertz CT molecular complexity index is 1900. The standard InChI is InChI=1S/C78H136NO8P/c1-6-8-10-12-14-16-18-20-22-24-26-28-30-32-33-34-35-36-37-38-39-40-41-42-43-44-45-47-49-51-53-55-57-59-61-63-65-67-69-71-78(81)87-76(75-86-88(82,83)85-73-72-79(3,4)5)74-84-77(80)70-68-66-64-62-60-58-56-54-52-50-48-46-31-29-27-25-23-21-19-17-15-13-11-9-7-2/h8,10,14,16,20,22,25-28,32-33,35-36,38-39,41-42,44-45,76H,6-7,9,11-13,15,17-19,21,23-24,29-31,34,37,40,43,46-75H2,1-5H3/b10-8-,16-14-,22-20-,27-25-,28-26-,33-32-,36-35-,39-38-,42-41-,45-44-. The van der Waals surface area contributed by atoms with Crippen LogP contribution in [0.3, 0.4) is 0 Å². The van der Waals surface area contributed by atoms with Crippen LogP contribution in [0.2, 0.25) is 0 Å². The quantitative estimate of drug-likeness (QED) is 0.0195. The number of quaternary nitrogens is 1. The summed E-state index contributed by atoms with van der Waals surface area (Å²) < 4.78 is 34.3. The predicted octanol–water partition coefficient (Wildman–Crippen LogP) is 23.2. The Balaban J connectivity index is 4.06. The third-order valence-electron chi connectivity index (χ3n) is 15.5. The van der Waals surface area contributed by atoms with Crippen molar-refractivity contribution in [3.8, 4) is 0 Å². The van der Waals surface area contributed by atoms with Crippen LogP contribution < -0.4 is 4.89 Å². The maximum absolute atomic E-state index is 12.9. The first-order valence-electron chi connectivity index (χ1n) is 36.2. The average molecular weight is 1250 g/mol. The summed E-state index contributed by atoms with van der Waals surface area (Å²) in [6.07, 6.45) is 97.1. The molecule has 2 unspecified atom stereocenters. The highest BCUT2D eigenvalue weighted by atomic mass is 31.2. The fourth-order valence-electron chi connectivity index (χ4n) is 9.94. The third kappa shape index (κ3) is 71.5. The van der Waals surface area contributed by atoms with Crippen LogP contribution in [0.15, 0.2) is 122 Å². The summed E-state index contributed by atoms with van der Waals surface area (Å²) in [6.45, 7) is 4.15. The van der Waals surface area contributed by atoms with Gasteiger partial charge in [-0.25, -0.2) is 0 Å². The molecule has 506 valence electrons. The Morgan fingerprint density at radius 2 is 0.648 bits per heavy atom. The molecule has 0 amide bonds. The molecule has 10 heteroatoms. The van der Waals surface area contributed by atoms with Crippen molar-refractivity contribution in [1.82, 2.24) is 0 Å². The number of likely N-dealkylation sites (N-methyl/N-ethyl adjacent to an activating group) is 1. The van der Waals surface area contributed by atoms with E-state index >= 15 is 0 Å². The molecule has 0 spiro atoms. The minimum Gasteiger partial charge on any atom is -0.756 e. The monoisotopic (exact) mass is 1250 g/mol. The highest BCUT2D eigenvalue weighted by Gasteiger charge is 2.22. The van der Waals surface area contributed by atoms with E-state index in [2.05, 4.69) is 135 Å². The smallest absolute Gasteiger partial charge is 0.306 e. The summed E-state index contributed by atoms with van der Waals surface area (Å²) in [5.74, 6) is -0.832.